The highest BCUT2D eigenvalue weighted by molar-refractivity contribution is 5.94. The maximum atomic E-state index is 12.4. The zero-order valence-electron chi connectivity index (χ0n) is 36.7. The number of benzene rings is 2. The molecule has 1 heterocycles. The molecule has 21 heteroatoms. The van der Waals surface area contributed by atoms with Gasteiger partial charge >= 0.3 is 5.97 Å². The van der Waals surface area contributed by atoms with E-state index in [0.717, 1.165) is 5.56 Å². The molecule has 1 aliphatic heterocycles. The van der Waals surface area contributed by atoms with E-state index < -0.39 is 17.2 Å². The van der Waals surface area contributed by atoms with Crippen LogP contribution < -0.4 is 10.1 Å². The molecular weight excluding hydrogens is 848 g/mol. The minimum Gasteiger partial charge on any atom is -0.426 e. The fourth-order valence-corrected chi connectivity index (χ4v) is 5.21. The predicted molar refractivity (Wildman–Crippen MR) is 227 cm³/mol. The number of nitro benzene ring substituents is 1. The molecule has 64 heavy (non-hydrogen) atoms. The van der Waals surface area contributed by atoms with Gasteiger partial charge in [0.1, 0.15) is 5.75 Å². The van der Waals surface area contributed by atoms with E-state index in [9.17, 15) is 19.7 Å². The number of esters is 1. The Kier molecular flexibility index (Phi) is 32.8. The highest BCUT2D eigenvalue weighted by Gasteiger charge is 2.19. The normalized spacial score (nSPS) is 12.8. The fourth-order valence-electron chi connectivity index (χ4n) is 5.21. The Morgan fingerprint density at radius 3 is 1.30 bits per heavy atom. The number of nitro groups is 1. The summed E-state index contributed by atoms with van der Waals surface area (Å²) < 4.78 is 81.8. The van der Waals surface area contributed by atoms with E-state index >= 15 is 0 Å². The Morgan fingerprint density at radius 2 is 0.906 bits per heavy atom. The number of nitrogens with zero attached hydrogens (tertiary/aromatic N) is 1. The van der Waals surface area contributed by atoms with Crippen molar-refractivity contribution in [3.8, 4) is 5.75 Å². The largest absolute Gasteiger partial charge is 0.426 e. The number of non-ortho nitro benzene ring substituents is 1. The Balaban J connectivity index is 0.905. The summed E-state index contributed by atoms with van der Waals surface area (Å²) in [6.07, 6.45) is -0.370. The third-order valence-corrected chi connectivity index (χ3v) is 8.40. The molecular formula is C43H66N2O19. The summed E-state index contributed by atoms with van der Waals surface area (Å²) in [7, 11) is 0. The highest BCUT2D eigenvalue weighted by Crippen LogP contribution is 2.23. The van der Waals surface area contributed by atoms with E-state index in [2.05, 4.69) is 5.32 Å². The summed E-state index contributed by atoms with van der Waals surface area (Å²) in [4.78, 5) is 34.4. The lowest BCUT2D eigenvalue weighted by Crippen LogP contribution is -2.27. The van der Waals surface area contributed by atoms with E-state index in [1.54, 1.807) is 12.1 Å². The smallest absolute Gasteiger partial charge is 0.313 e. The molecule has 1 fully saturated rings. The number of nitrogens with one attached hydrogen (secondary N) is 1. The van der Waals surface area contributed by atoms with Crippen molar-refractivity contribution in [3.63, 3.8) is 0 Å². The van der Waals surface area contributed by atoms with Gasteiger partial charge in [-0.1, -0.05) is 12.1 Å². The molecule has 0 unspecified atom stereocenters. The Labute approximate surface area is 374 Å². The second kappa shape index (κ2) is 38.5. The van der Waals surface area contributed by atoms with Crippen molar-refractivity contribution >= 4 is 17.6 Å². The molecule has 2 aromatic rings. The predicted octanol–water partition coefficient (Wildman–Crippen LogP) is 2.56. The molecule has 0 atom stereocenters. The third-order valence-electron chi connectivity index (χ3n) is 8.40. The van der Waals surface area contributed by atoms with Crippen molar-refractivity contribution in [2.45, 2.75) is 12.7 Å². The molecule has 1 aliphatic rings. The van der Waals surface area contributed by atoms with Crippen LogP contribution in [0.15, 0.2) is 48.5 Å². The van der Waals surface area contributed by atoms with Gasteiger partial charge in [-0.2, -0.15) is 0 Å². The molecule has 0 aliphatic carbocycles. The van der Waals surface area contributed by atoms with Crippen LogP contribution in [0, 0.1) is 10.1 Å². The van der Waals surface area contributed by atoms with Crippen LogP contribution in [0.2, 0.25) is 0 Å². The summed E-state index contributed by atoms with van der Waals surface area (Å²) in [5, 5.41) is 13.5. The molecule has 3 rings (SSSR count). The molecule has 362 valence electrons. The number of ether oxygens (including phenoxy) is 15. The summed E-state index contributed by atoms with van der Waals surface area (Å²) >= 11 is 0. The van der Waals surface area contributed by atoms with Crippen LogP contribution in [0.1, 0.15) is 28.6 Å². The van der Waals surface area contributed by atoms with Crippen molar-refractivity contribution < 1.29 is 85.6 Å². The van der Waals surface area contributed by atoms with Crippen LogP contribution in [0.4, 0.5) is 5.69 Å². The molecule has 0 spiro atoms. The summed E-state index contributed by atoms with van der Waals surface area (Å²) in [5.74, 6) is -0.436. The fraction of sp³-hybridized carbons (Fsp3) is 0.674. The van der Waals surface area contributed by atoms with Gasteiger partial charge in [-0.3, -0.25) is 19.7 Å². The second-order valence-corrected chi connectivity index (χ2v) is 13.3. The van der Waals surface area contributed by atoms with Crippen molar-refractivity contribution in [2.75, 3.05) is 178 Å². The van der Waals surface area contributed by atoms with Crippen LogP contribution in [0.3, 0.4) is 0 Å². The Hall–Kier alpha value is -3.78. The first-order valence-corrected chi connectivity index (χ1v) is 21.5. The molecule has 0 aromatic heterocycles. The van der Waals surface area contributed by atoms with Crippen molar-refractivity contribution in [1.29, 1.82) is 0 Å². The minimum absolute atomic E-state index is 0.0448. The third kappa shape index (κ3) is 28.9. The van der Waals surface area contributed by atoms with Crippen molar-refractivity contribution in [2.24, 2.45) is 0 Å². The van der Waals surface area contributed by atoms with Crippen molar-refractivity contribution in [3.05, 3.63) is 69.8 Å². The second-order valence-electron chi connectivity index (χ2n) is 13.3. The number of hydrogen-bond donors (Lipinski definition) is 1. The van der Waals surface area contributed by atoms with Gasteiger partial charge in [0.25, 0.3) is 11.6 Å². The minimum atomic E-state index is -0.526. The quantitative estimate of drug-likeness (QED) is 0.0332. The lowest BCUT2D eigenvalue weighted by Gasteiger charge is -2.11. The topological polar surface area (TPSA) is 228 Å². The van der Waals surface area contributed by atoms with Crippen LogP contribution in [-0.2, 0) is 71.1 Å². The standard InChI is InChI=1S/C43H66N2O19/c46-41(64-40-6-4-39(5-7-40)45(48)49)8-10-50-12-14-52-16-18-54-20-22-56-24-26-58-28-30-60-32-33-61-31-29-59-27-25-57-23-21-55-19-17-53-15-13-51-11-9-44-42(47)37-2-1-3-38(36-37)43-62-34-35-63-43/h1-7,36,43H,8-35H2,(H,44,47). The van der Waals surface area contributed by atoms with E-state index in [4.69, 9.17) is 71.1 Å². The molecule has 1 N–H and O–H groups in total. The van der Waals surface area contributed by atoms with E-state index in [-0.39, 0.29) is 30.4 Å². The first-order chi connectivity index (χ1) is 31.5. The number of hydrogen-bond acceptors (Lipinski definition) is 19. The van der Waals surface area contributed by atoms with Gasteiger partial charge in [0.2, 0.25) is 0 Å². The summed E-state index contributed by atoms with van der Waals surface area (Å²) in [6, 6.07) is 12.5. The molecule has 0 saturated carbocycles. The number of rotatable bonds is 43. The Morgan fingerprint density at radius 1 is 0.531 bits per heavy atom. The molecule has 1 amide bonds. The van der Waals surface area contributed by atoms with Gasteiger partial charge in [0, 0.05) is 29.8 Å². The van der Waals surface area contributed by atoms with E-state index in [0.29, 0.717) is 177 Å². The summed E-state index contributed by atoms with van der Waals surface area (Å²) in [6.45, 7) is 11.7. The number of carbonyl (C=O) groups excluding carboxylic acids is 2. The molecule has 2 aromatic carbocycles. The van der Waals surface area contributed by atoms with Gasteiger partial charge in [-0.25, -0.2) is 0 Å². The molecule has 0 bridgehead atoms. The zero-order chi connectivity index (χ0) is 45.4. The van der Waals surface area contributed by atoms with Gasteiger partial charge in [-0.15, -0.1) is 0 Å². The van der Waals surface area contributed by atoms with Gasteiger partial charge in [0.05, 0.1) is 183 Å². The van der Waals surface area contributed by atoms with E-state index in [1.807, 2.05) is 12.1 Å². The summed E-state index contributed by atoms with van der Waals surface area (Å²) in [5.41, 5.74) is 1.29. The first-order valence-electron chi connectivity index (χ1n) is 21.5. The monoisotopic (exact) mass is 914 g/mol. The SMILES string of the molecule is O=C(CCOCCOCCOCCOCCOCCOCCOCCOCCOCCOCCOCCOCCNC(=O)c1cccc(C2OCCO2)c1)Oc1ccc([N+](=O)[O-])cc1. The highest BCUT2D eigenvalue weighted by atomic mass is 16.7. The molecule has 1 saturated heterocycles. The van der Waals surface area contributed by atoms with Crippen molar-refractivity contribution in [1.82, 2.24) is 5.32 Å². The van der Waals surface area contributed by atoms with Crippen LogP contribution in [-0.4, -0.2) is 195 Å². The van der Waals surface area contributed by atoms with Crippen LogP contribution in [0.25, 0.3) is 0 Å². The average Bonchev–Trinajstić information content (AvgIpc) is 3.86. The van der Waals surface area contributed by atoms with Gasteiger partial charge in [-0.05, 0) is 24.3 Å². The van der Waals surface area contributed by atoms with Gasteiger partial charge < -0.3 is 76.4 Å². The average molecular weight is 915 g/mol. The lowest BCUT2D eigenvalue weighted by molar-refractivity contribution is -0.384. The van der Waals surface area contributed by atoms with Crippen LogP contribution in [0.5, 0.6) is 5.75 Å². The van der Waals surface area contributed by atoms with Gasteiger partial charge in [0.15, 0.2) is 6.29 Å². The molecule has 0 radical (unpaired) electrons. The first kappa shape index (κ1) is 54.6. The maximum Gasteiger partial charge on any atom is 0.313 e. The zero-order valence-corrected chi connectivity index (χ0v) is 36.7. The Bertz CT molecular complexity index is 1470. The number of amides is 1. The van der Waals surface area contributed by atoms with Crippen LogP contribution >= 0.6 is 0 Å². The lowest BCUT2D eigenvalue weighted by atomic mass is 10.1. The number of carbonyl (C=O) groups is 2. The van der Waals surface area contributed by atoms with E-state index in [1.165, 1.54) is 24.3 Å². The maximum absolute atomic E-state index is 12.4. The molecule has 21 nitrogen and oxygen atoms in total.